The molecule has 0 bridgehead atoms. The summed E-state index contributed by atoms with van der Waals surface area (Å²) in [6, 6.07) is 14.1. The van der Waals surface area contributed by atoms with Crippen molar-refractivity contribution in [1.82, 2.24) is 25.5 Å². The van der Waals surface area contributed by atoms with E-state index in [4.69, 9.17) is 0 Å². The van der Waals surface area contributed by atoms with Crippen molar-refractivity contribution in [3.8, 4) is 0 Å². The van der Waals surface area contributed by atoms with E-state index in [2.05, 4.69) is 50.0 Å². The van der Waals surface area contributed by atoms with Crippen LogP contribution in [0.5, 0.6) is 0 Å². The Kier molecular flexibility index (Phi) is 6.02. The smallest absolute Gasteiger partial charge is 0.245 e. The number of anilines is 1. The lowest BCUT2D eigenvalue weighted by molar-refractivity contribution is -0.124. The average Bonchev–Trinajstić information content (AvgIpc) is 3.35. The maximum atomic E-state index is 13.6. The first kappa shape index (κ1) is 20.0. The molecule has 0 saturated heterocycles. The van der Waals surface area contributed by atoms with Crippen molar-refractivity contribution in [2.45, 2.75) is 32.2 Å². The summed E-state index contributed by atoms with van der Waals surface area (Å²) in [5.74, 6) is 0.0442. The van der Waals surface area contributed by atoms with Crippen LogP contribution in [-0.2, 0) is 17.6 Å². The molecule has 1 unspecified atom stereocenters. The van der Waals surface area contributed by atoms with Gasteiger partial charge in [0.1, 0.15) is 17.7 Å². The zero-order valence-corrected chi connectivity index (χ0v) is 17.0. The van der Waals surface area contributed by atoms with Crippen LogP contribution in [0.1, 0.15) is 29.4 Å². The molecule has 30 heavy (non-hydrogen) atoms. The lowest BCUT2D eigenvalue weighted by Gasteiger charge is -2.20. The van der Waals surface area contributed by atoms with Crippen LogP contribution in [0, 0.1) is 12.7 Å². The second kappa shape index (κ2) is 9.02. The number of aromatic nitrogens is 4. The number of nitrogens with zero attached hydrogens (tertiary/aromatic N) is 5. The minimum absolute atomic E-state index is 0.170. The van der Waals surface area contributed by atoms with Crippen LogP contribution in [0.4, 0.5) is 10.1 Å². The molecule has 1 aromatic heterocycles. The number of benzene rings is 2. The number of hydrogen-bond donors (Lipinski definition) is 1. The normalized spacial score (nSPS) is 13.9. The lowest BCUT2D eigenvalue weighted by Crippen LogP contribution is -2.36. The Hall–Kier alpha value is -3.29. The van der Waals surface area contributed by atoms with E-state index in [1.807, 2.05) is 0 Å². The van der Waals surface area contributed by atoms with Crippen molar-refractivity contribution in [3.05, 3.63) is 71.3 Å². The van der Waals surface area contributed by atoms with Crippen LogP contribution in [-0.4, -0.2) is 45.7 Å². The molecule has 7 nitrogen and oxygen atoms in total. The first-order valence-corrected chi connectivity index (χ1v) is 10.2. The van der Waals surface area contributed by atoms with Crippen molar-refractivity contribution in [2.24, 2.45) is 0 Å². The van der Waals surface area contributed by atoms with Crippen molar-refractivity contribution >= 4 is 11.6 Å². The van der Waals surface area contributed by atoms with Crippen LogP contribution < -0.4 is 10.2 Å². The van der Waals surface area contributed by atoms with Gasteiger partial charge in [-0.25, -0.2) is 9.07 Å². The molecule has 2 aromatic carbocycles. The van der Waals surface area contributed by atoms with Gasteiger partial charge >= 0.3 is 0 Å². The Morgan fingerprint density at radius 1 is 1.23 bits per heavy atom. The molecule has 156 valence electrons. The summed E-state index contributed by atoms with van der Waals surface area (Å²) in [6.45, 7) is 4.20. The number of carbonyl (C=O) groups excluding carboxylic acids is 1. The number of halogens is 1. The van der Waals surface area contributed by atoms with Crippen LogP contribution >= 0.6 is 0 Å². The lowest BCUT2D eigenvalue weighted by atomic mass is 10.0. The molecule has 1 aliphatic rings. The molecule has 1 aliphatic heterocycles. The molecule has 1 atom stereocenters. The highest BCUT2D eigenvalue weighted by Crippen LogP contribution is 2.27. The quantitative estimate of drug-likeness (QED) is 0.580. The van der Waals surface area contributed by atoms with Gasteiger partial charge in [0.25, 0.3) is 0 Å². The molecule has 0 saturated carbocycles. The fourth-order valence-corrected chi connectivity index (χ4v) is 3.94. The molecule has 2 heterocycles. The summed E-state index contributed by atoms with van der Waals surface area (Å²) in [5.41, 5.74) is 3.39. The predicted molar refractivity (Wildman–Crippen MR) is 112 cm³/mol. The molecule has 0 aliphatic carbocycles. The summed E-state index contributed by atoms with van der Waals surface area (Å²) in [5, 5.41) is 14.5. The van der Waals surface area contributed by atoms with Crippen molar-refractivity contribution in [1.29, 1.82) is 0 Å². The highest BCUT2D eigenvalue weighted by atomic mass is 19.1. The fourth-order valence-electron chi connectivity index (χ4n) is 3.94. The Morgan fingerprint density at radius 3 is 2.90 bits per heavy atom. The number of tetrazole rings is 1. The van der Waals surface area contributed by atoms with Gasteiger partial charge in [-0.2, -0.15) is 0 Å². The summed E-state index contributed by atoms with van der Waals surface area (Å²) >= 11 is 0. The average molecular weight is 408 g/mol. The molecule has 8 heteroatoms. The zero-order chi connectivity index (χ0) is 20.9. The first-order valence-electron chi connectivity index (χ1n) is 10.2. The number of rotatable bonds is 8. The summed E-state index contributed by atoms with van der Waals surface area (Å²) in [7, 11) is 0. The largest absolute Gasteiger partial charge is 0.371 e. The first-order chi connectivity index (χ1) is 14.6. The molecule has 3 aromatic rings. The molecular formula is C22H25FN6O. The minimum atomic E-state index is -0.630. The SMILES string of the molecule is Cc1nnnn1C(Cc1cccc(F)c1)C(=O)NCCCN1CCc2ccccc21. The molecule has 1 N–H and O–H groups in total. The van der Waals surface area contributed by atoms with E-state index in [9.17, 15) is 9.18 Å². The number of fused-ring (bicyclic) bond motifs is 1. The molecule has 0 radical (unpaired) electrons. The van der Waals surface area contributed by atoms with E-state index in [1.54, 1.807) is 19.1 Å². The highest BCUT2D eigenvalue weighted by molar-refractivity contribution is 5.80. The van der Waals surface area contributed by atoms with E-state index in [-0.39, 0.29) is 11.7 Å². The number of hydrogen-bond acceptors (Lipinski definition) is 5. The molecule has 0 fully saturated rings. The maximum Gasteiger partial charge on any atom is 0.245 e. The second-order valence-corrected chi connectivity index (χ2v) is 7.53. The van der Waals surface area contributed by atoms with Crippen LogP contribution in [0.15, 0.2) is 48.5 Å². The minimum Gasteiger partial charge on any atom is -0.371 e. The van der Waals surface area contributed by atoms with Crippen LogP contribution in [0.2, 0.25) is 0 Å². The van der Waals surface area contributed by atoms with Gasteiger partial charge in [-0.3, -0.25) is 4.79 Å². The van der Waals surface area contributed by atoms with E-state index < -0.39 is 6.04 Å². The Balaban J connectivity index is 1.36. The number of carbonyl (C=O) groups is 1. The van der Waals surface area contributed by atoms with Crippen molar-refractivity contribution < 1.29 is 9.18 Å². The summed E-state index contributed by atoms with van der Waals surface area (Å²) in [4.78, 5) is 15.3. The van der Waals surface area contributed by atoms with E-state index in [0.29, 0.717) is 18.8 Å². The number of aryl methyl sites for hydroxylation is 1. The highest BCUT2D eigenvalue weighted by Gasteiger charge is 2.24. The monoisotopic (exact) mass is 408 g/mol. The number of para-hydroxylation sites is 1. The Labute approximate surface area is 174 Å². The maximum absolute atomic E-state index is 13.6. The van der Waals surface area contributed by atoms with Gasteiger partial charge in [0, 0.05) is 31.7 Å². The van der Waals surface area contributed by atoms with Gasteiger partial charge < -0.3 is 10.2 Å². The molecule has 0 spiro atoms. The summed E-state index contributed by atoms with van der Waals surface area (Å²) in [6.07, 6.45) is 2.22. The number of nitrogens with one attached hydrogen (secondary N) is 1. The third kappa shape index (κ3) is 4.48. The Morgan fingerprint density at radius 2 is 2.10 bits per heavy atom. The van der Waals surface area contributed by atoms with Crippen molar-refractivity contribution in [2.75, 3.05) is 24.5 Å². The van der Waals surface area contributed by atoms with E-state index in [1.165, 1.54) is 28.1 Å². The van der Waals surface area contributed by atoms with Crippen molar-refractivity contribution in [3.63, 3.8) is 0 Å². The third-order valence-electron chi connectivity index (χ3n) is 5.46. The van der Waals surface area contributed by atoms with Gasteiger partial charge in [0.15, 0.2) is 0 Å². The second-order valence-electron chi connectivity index (χ2n) is 7.53. The van der Waals surface area contributed by atoms with Gasteiger partial charge in [-0.05, 0) is 59.5 Å². The fraction of sp³-hybridized carbons (Fsp3) is 0.364. The molecular weight excluding hydrogens is 383 g/mol. The standard InChI is InChI=1S/C22H25FN6O/c1-16-25-26-27-29(16)21(15-17-6-4-8-19(23)14-17)22(30)24-11-5-12-28-13-10-18-7-2-3-9-20(18)28/h2-4,6-9,14,21H,5,10-13,15H2,1H3,(H,24,30). The van der Waals surface area contributed by atoms with E-state index in [0.717, 1.165) is 31.5 Å². The predicted octanol–water partition coefficient (Wildman–Crippen LogP) is 2.47. The number of amides is 1. The topological polar surface area (TPSA) is 75.9 Å². The molecule has 1 amide bonds. The third-order valence-corrected chi connectivity index (χ3v) is 5.46. The molecule has 4 rings (SSSR count). The van der Waals surface area contributed by atoms with Gasteiger partial charge in [-0.1, -0.05) is 30.3 Å². The van der Waals surface area contributed by atoms with Gasteiger partial charge in [0.2, 0.25) is 5.91 Å². The van der Waals surface area contributed by atoms with Crippen LogP contribution in [0.3, 0.4) is 0 Å². The van der Waals surface area contributed by atoms with Gasteiger partial charge in [-0.15, -0.1) is 5.10 Å². The van der Waals surface area contributed by atoms with Gasteiger partial charge in [0.05, 0.1) is 0 Å². The van der Waals surface area contributed by atoms with Crippen LogP contribution in [0.25, 0.3) is 0 Å². The summed E-state index contributed by atoms with van der Waals surface area (Å²) < 4.78 is 15.1. The Bertz CT molecular complexity index is 1020. The van der Waals surface area contributed by atoms with E-state index >= 15 is 0 Å². The zero-order valence-electron chi connectivity index (χ0n) is 17.0.